The van der Waals surface area contributed by atoms with Crippen LogP contribution in [-0.4, -0.2) is 43.6 Å². The average molecular weight is 1920 g/mol. The molecule has 23 aromatic carbocycles. The largest absolute Gasteiger partial charge is 0.455 e. The lowest BCUT2D eigenvalue weighted by molar-refractivity contribution is 0.673. The summed E-state index contributed by atoms with van der Waals surface area (Å²) < 4.78 is 27.4. The molecule has 698 valence electrons. The van der Waals surface area contributed by atoms with Gasteiger partial charge in [0.25, 0.3) is 0 Å². The fourth-order valence-corrected chi connectivity index (χ4v) is 23.3. The van der Waals surface area contributed by atoms with Crippen LogP contribution in [-0.2, 0) is 0 Å². The predicted octanol–water partition coefficient (Wildman–Crippen LogP) is 36.7. The molecular formula is C138H83N9O3. The zero-order chi connectivity index (χ0) is 98.5. The highest BCUT2D eigenvalue weighted by Crippen LogP contribution is 2.51. The Morgan fingerprint density at radius 1 is 0.140 bits per heavy atom. The van der Waals surface area contributed by atoms with E-state index in [-0.39, 0.29) is 0 Å². The summed E-state index contributed by atoms with van der Waals surface area (Å²) in [5.41, 5.74) is 31.6. The van der Waals surface area contributed by atoms with Gasteiger partial charge in [0.2, 0.25) is 17.8 Å². The summed E-state index contributed by atoms with van der Waals surface area (Å²) in [5, 5.41) is 23.4. The quantitative estimate of drug-likeness (QED) is 0.124. The lowest BCUT2D eigenvalue weighted by Gasteiger charge is -2.12. The van der Waals surface area contributed by atoms with Gasteiger partial charge in [-0.15, -0.1) is 0 Å². The van der Waals surface area contributed by atoms with Gasteiger partial charge in [0, 0.05) is 81.3 Å². The summed E-state index contributed by atoms with van der Waals surface area (Å²) in [7, 11) is 0. The van der Waals surface area contributed by atoms with E-state index in [1.54, 1.807) is 0 Å². The van der Waals surface area contributed by atoms with Gasteiger partial charge in [0.05, 0.1) is 82.9 Å². The van der Waals surface area contributed by atoms with E-state index in [1.807, 2.05) is 42.5 Å². The molecule has 12 heteroatoms. The molecule has 0 aliphatic carbocycles. The van der Waals surface area contributed by atoms with Crippen LogP contribution in [0.3, 0.4) is 0 Å². The highest BCUT2D eigenvalue weighted by molar-refractivity contribution is 6.33. The van der Waals surface area contributed by atoms with Gasteiger partial charge in [0.1, 0.15) is 33.5 Å². The summed E-state index contributed by atoms with van der Waals surface area (Å²) in [6.07, 6.45) is 0. The molecule has 0 N–H and O–H groups in total. The molecule has 150 heavy (non-hydrogen) atoms. The second-order valence-electron chi connectivity index (χ2n) is 38.4. The molecule has 0 bridgehead atoms. The molecule has 0 atom stereocenters. The van der Waals surface area contributed by atoms with Crippen molar-refractivity contribution in [2.75, 3.05) is 0 Å². The van der Waals surface area contributed by atoms with Crippen molar-refractivity contribution >= 4 is 196 Å². The number of nitrogens with zero attached hydrogens (tertiary/aromatic N) is 9. The van der Waals surface area contributed by atoms with E-state index in [9.17, 15) is 0 Å². The lowest BCUT2D eigenvalue weighted by atomic mass is 9.95. The number of rotatable bonds is 11. The highest BCUT2D eigenvalue weighted by Gasteiger charge is 2.30. The van der Waals surface area contributed by atoms with Crippen LogP contribution in [0.5, 0.6) is 0 Å². The van der Waals surface area contributed by atoms with Crippen LogP contribution in [0.2, 0.25) is 0 Å². The maximum Gasteiger partial charge on any atom is 0.235 e. The van der Waals surface area contributed by atoms with E-state index >= 15 is 0 Å². The topological polar surface area (TPSA) is 132 Å². The minimum absolute atomic E-state index is 0.622. The van der Waals surface area contributed by atoms with Crippen molar-refractivity contribution in [3.05, 3.63) is 504 Å². The van der Waals surface area contributed by atoms with Gasteiger partial charge in [-0.25, -0.2) is 29.9 Å². The Morgan fingerprint density at radius 2 is 0.380 bits per heavy atom. The zero-order valence-electron chi connectivity index (χ0n) is 80.7. The molecule has 32 rings (SSSR count). The van der Waals surface area contributed by atoms with Crippen LogP contribution in [0.15, 0.2) is 517 Å². The summed E-state index contributed by atoms with van der Waals surface area (Å²) in [6, 6.07) is 176. The minimum Gasteiger partial charge on any atom is -0.455 e. The van der Waals surface area contributed by atoms with E-state index in [0.29, 0.717) is 17.8 Å². The standard InChI is InChI=1S/2C48H29N3O.C42H25N3O/c1-3-14-30(15-4-1)32-18-13-19-33(28-32)46-36-22-9-11-24-40(36)49-48(50-46)51-41-25-12-10-23-37(41)45-42(51)27-26-38-44-35-21-8-7-20-34(35)39(29-43(44)52-47(38)45)31-16-5-2-6-17-31;1-3-13-30(14-4-1)31-23-25-33(26-24-31)46-36-19-9-11-21-40(36)49-48(50-46)51-41-22-12-10-20-37(41)45-42(51)28-27-38-44-35-18-8-7-17-34(35)39(29-43(44)52-47(38)45)32-15-5-2-6-16-32;1-3-13-26(14-4-1)33-25-37-38(29-18-8-7-17-28(29)33)32-23-24-36-39(41(32)46-37)31-20-10-12-22-35(31)45(36)42-43-34-21-11-9-19-30(34)40(44-42)27-15-5-2-6-16-27/h2*1-29H;1-25H. The molecule has 12 nitrogen and oxygen atoms in total. The van der Waals surface area contributed by atoms with Gasteiger partial charge in [-0.1, -0.05) is 406 Å². The number of benzene rings is 23. The summed E-state index contributed by atoms with van der Waals surface area (Å²) in [5.74, 6) is 1.88. The maximum absolute atomic E-state index is 6.96. The van der Waals surface area contributed by atoms with Crippen molar-refractivity contribution in [1.29, 1.82) is 0 Å². The second kappa shape index (κ2) is 34.7. The van der Waals surface area contributed by atoms with Crippen LogP contribution in [0.4, 0.5) is 0 Å². The van der Waals surface area contributed by atoms with Gasteiger partial charge in [-0.05, 0) is 185 Å². The van der Waals surface area contributed by atoms with Crippen LogP contribution in [0, 0.1) is 0 Å². The Labute approximate surface area is 857 Å². The Morgan fingerprint density at radius 3 is 0.720 bits per heavy atom. The van der Waals surface area contributed by atoms with Crippen molar-refractivity contribution < 1.29 is 13.3 Å². The number of aromatic nitrogens is 9. The molecule has 0 spiro atoms. The smallest absolute Gasteiger partial charge is 0.235 e. The van der Waals surface area contributed by atoms with E-state index in [4.69, 9.17) is 43.2 Å². The molecule has 9 heterocycles. The van der Waals surface area contributed by atoms with Gasteiger partial charge in [-0.3, -0.25) is 13.7 Å². The number of furan rings is 3. The fourth-order valence-electron chi connectivity index (χ4n) is 23.3. The Balaban J connectivity index is 0.000000104. The Bertz CT molecular complexity index is 11100. The molecule has 0 saturated carbocycles. The highest BCUT2D eigenvalue weighted by atomic mass is 16.3. The van der Waals surface area contributed by atoms with Gasteiger partial charge in [-0.2, -0.15) is 0 Å². The molecule has 0 amide bonds. The van der Waals surface area contributed by atoms with Crippen molar-refractivity contribution in [3.8, 4) is 107 Å². The van der Waals surface area contributed by atoms with Crippen molar-refractivity contribution in [2.24, 2.45) is 0 Å². The first kappa shape index (κ1) is 85.3. The van der Waals surface area contributed by atoms with Crippen molar-refractivity contribution in [3.63, 3.8) is 0 Å². The lowest BCUT2D eigenvalue weighted by Crippen LogP contribution is -2.03. The molecule has 9 aromatic heterocycles. The Hall–Kier alpha value is -20.3. The average Bonchev–Trinajstić information content (AvgIpc) is 1.55. The second-order valence-corrected chi connectivity index (χ2v) is 38.4. The first-order chi connectivity index (χ1) is 74.4. The molecule has 0 radical (unpaired) electrons. The van der Waals surface area contributed by atoms with E-state index in [1.165, 1.54) is 71.3 Å². The number of hydrogen-bond acceptors (Lipinski definition) is 9. The van der Waals surface area contributed by atoms with Crippen LogP contribution < -0.4 is 0 Å². The molecule has 0 aliphatic rings. The molecule has 0 unspecified atom stereocenters. The van der Waals surface area contributed by atoms with E-state index in [0.717, 1.165) is 214 Å². The monoisotopic (exact) mass is 1910 g/mol. The molecule has 0 aliphatic heterocycles. The molecule has 0 fully saturated rings. The van der Waals surface area contributed by atoms with E-state index < -0.39 is 0 Å². The maximum atomic E-state index is 6.96. The van der Waals surface area contributed by atoms with E-state index in [2.05, 4.69) is 475 Å². The summed E-state index contributed by atoms with van der Waals surface area (Å²) in [6.45, 7) is 0. The minimum atomic E-state index is 0.622. The molecule has 0 saturated heterocycles. The van der Waals surface area contributed by atoms with Crippen LogP contribution in [0.25, 0.3) is 304 Å². The first-order valence-electron chi connectivity index (χ1n) is 50.7. The van der Waals surface area contributed by atoms with Gasteiger partial charge in [0.15, 0.2) is 0 Å². The third-order valence-corrected chi connectivity index (χ3v) is 30.0. The number of fused-ring (bicyclic) bond motifs is 30. The van der Waals surface area contributed by atoms with Crippen molar-refractivity contribution in [1.82, 2.24) is 43.6 Å². The number of hydrogen-bond donors (Lipinski definition) is 0. The van der Waals surface area contributed by atoms with Crippen molar-refractivity contribution in [2.45, 2.75) is 0 Å². The third-order valence-electron chi connectivity index (χ3n) is 30.0. The van der Waals surface area contributed by atoms with Crippen LogP contribution >= 0.6 is 0 Å². The fraction of sp³-hybridized carbons (Fsp3) is 0. The molecule has 32 aromatic rings. The van der Waals surface area contributed by atoms with Gasteiger partial charge < -0.3 is 13.3 Å². The van der Waals surface area contributed by atoms with Crippen LogP contribution in [0.1, 0.15) is 0 Å². The summed E-state index contributed by atoms with van der Waals surface area (Å²) >= 11 is 0. The first-order valence-corrected chi connectivity index (χ1v) is 50.7. The number of para-hydroxylation sites is 6. The zero-order valence-corrected chi connectivity index (χ0v) is 80.7. The third kappa shape index (κ3) is 13.8. The SMILES string of the molecule is c1ccc(-c2ccc(-c3nc(-n4c5ccccc5c5c6oc7cc(-c8ccccc8)c8ccccc8c7c6ccc54)nc4ccccc34)cc2)cc1.c1ccc(-c2cccc(-c3nc(-n4c5ccccc5c5c6oc7cc(-c8ccccc8)c8ccccc8c7c6ccc54)nc4ccccc34)c2)cc1.c1ccc(-c2nc(-n3c4ccccc4c4c5oc6cc(-c7ccccc7)c7ccccc7c6c5ccc43)nc3ccccc23)cc1. The Kier molecular flexibility index (Phi) is 19.7. The normalized spacial score (nSPS) is 11.9. The summed E-state index contributed by atoms with van der Waals surface area (Å²) in [4.78, 5) is 31.5. The molecular weight excluding hydrogens is 1830 g/mol. The predicted molar refractivity (Wildman–Crippen MR) is 619 cm³/mol. The van der Waals surface area contributed by atoms with Gasteiger partial charge >= 0.3 is 0 Å².